The summed E-state index contributed by atoms with van der Waals surface area (Å²) >= 11 is 6.01. The monoisotopic (exact) mass is 453 g/mol. The molecule has 0 fully saturated rings. The second kappa shape index (κ2) is 8.97. The summed E-state index contributed by atoms with van der Waals surface area (Å²) < 4.78 is 40.7. The van der Waals surface area contributed by atoms with E-state index in [1.165, 1.54) is 30.3 Å². The molecule has 0 atom stereocenters. The number of carbonyl (C=O) groups excluding carboxylic acids is 1. The summed E-state index contributed by atoms with van der Waals surface area (Å²) in [5, 5.41) is 3.04. The van der Waals surface area contributed by atoms with Crippen molar-refractivity contribution in [3.63, 3.8) is 0 Å². The number of fused-ring (bicyclic) bond motifs is 1. The zero-order chi connectivity index (χ0) is 22.8. The van der Waals surface area contributed by atoms with Gasteiger partial charge in [-0.25, -0.2) is 4.79 Å². The zero-order valence-electron chi connectivity index (χ0n) is 16.5. The lowest BCUT2D eigenvalue weighted by Gasteiger charge is -2.14. The van der Waals surface area contributed by atoms with Gasteiger partial charge in [0, 0.05) is 18.1 Å². The van der Waals surface area contributed by atoms with Crippen LogP contribution in [0.15, 0.2) is 52.1 Å². The van der Waals surface area contributed by atoms with Gasteiger partial charge in [-0.3, -0.25) is 18.7 Å². The van der Waals surface area contributed by atoms with E-state index < -0.39 is 35.4 Å². The standard InChI is InChI=1S/C21H19ClF3N3O3/c1-2-8-27-19(30)16-7-6-15(22)10-17(16)28(20(27)31)12-18(29)26-11-13-4-3-5-14(9-13)21(23,24)25/h3-7,9-10H,2,8,11-12H2,1H3,(H,26,29). The van der Waals surface area contributed by atoms with Gasteiger partial charge in [0.2, 0.25) is 5.91 Å². The van der Waals surface area contributed by atoms with E-state index in [0.717, 1.165) is 21.3 Å². The molecule has 0 aliphatic carbocycles. The Labute approximate surface area is 179 Å². The third-order valence-corrected chi connectivity index (χ3v) is 4.92. The highest BCUT2D eigenvalue weighted by Crippen LogP contribution is 2.29. The lowest BCUT2D eigenvalue weighted by Crippen LogP contribution is -2.42. The first-order chi connectivity index (χ1) is 14.6. The number of rotatable bonds is 6. The molecule has 2 aromatic carbocycles. The Hall–Kier alpha value is -3.07. The Bertz CT molecular complexity index is 1250. The van der Waals surface area contributed by atoms with Crippen LogP contribution in [0.5, 0.6) is 0 Å². The van der Waals surface area contributed by atoms with Gasteiger partial charge in [0.15, 0.2) is 0 Å². The smallest absolute Gasteiger partial charge is 0.350 e. The van der Waals surface area contributed by atoms with E-state index in [9.17, 15) is 27.6 Å². The summed E-state index contributed by atoms with van der Waals surface area (Å²) in [5.41, 5.74) is -1.47. The van der Waals surface area contributed by atoms with Crippen LogP contribution in [0.3, 0.4) is 0 Å². The summed E-state index contributed by atoms with van der Waals surface area (Å²) in [4.78, 5) is 38.0. The maximum absolute atomic E-state index is 12.8. The number of amides is 1. The molecular weight excluding hydrogens is 435 g/mol. The molecule has 0 spiro atoms. The van der Waals surface area contributed by atoms with Gasteiger partial charge in [-0.1, -0.05) is 30.7 Å². The maximum atomic E-state index is 12.8. The highest BCUT2D eigenvalue weighted by atomic mass is 35.5. The van der Waals surface area contributed by atoms with Crippen LogP contribution in [0.1, 0.15) is 24.5 Å². The molecule has 0 aliphatic rings. The van der Waals surface area contributed by atoms with E-state index >= 15 is 0 Å². The van der Waals surface area contributed by atoms with Gasteiger partial charge in [-0.2, -0.15) is 13.2 Å². The summed E-state index contributed by atoms with van der Waals surface area (Å²) in [5.74, 6) is -0.595. The first kappa shape index (κ1) is 22.6. The summed E-state index contributed by atoms with van der Waals surface area (Å²) in [7, 11) is 0. The molecule has 1 amide bonds. The van der Waals surface area contributed by atoms with Crippen molar-refractivity contribution in [1.82, 2.24) is 14.5 Å². The van der Waals surface area contributed by atoms with Gasteiger partial charge < -0.3 is 5.32 Å². The van der Waals surface area contributed by atoms with Crippen molar-refractivity contribution < 1.29 is 18.0 Å². The molecule has 3 rings (SSSR count). The SMILES string of the molecule is CCCn1c(=O)c2ccc(Cl)cc2n(CC(=O)NCc2cccc(C(F)(F)F)c2)c1=O. The molecule has 1 N–H and O–H groups in total. The van der Waals surface area contributed by atoms with Crippen LogP contribution >= 0.6 is 11.6 Å². The fraction of sp³-hybridized carbons (Fsp3) is 0.286. The number of aromatic nitrogens is 2. The molecule has 3 aromatic rings. The largest absolute Gasteiger partial charge is 0.416 e. The second-order valence-electron chi connectivity index (χ2n) is 6.96. The van der Waals surface area contributed by atoms with Crippen LogP contribution < -0.4 is 16.6 Å². The number of carbonyl (C=O) groups is 1. The molecule has 0 saturated heterocycles. The van der Waals surface area contributed by atoms with Crippen molar-refractivity contribution >= 4 is 28.4 Å². The number of alkyl halides is 3. The van der Waals surface area contributed by atoms with Crippen molar-refractivity contribution in [3.8, 4) is 0 Å². The molecule has 0 radical (unpaired) electrons. The molecule has 6 nitrogen and oxygen atoms in total. The molecule has 1 heterocycles. The predicted molar refractivity (Wildman–Crippen MR) is 111 cm³/mol. The summed E-state index contributed by atoms with van der Waals surface area (Å²) in [6, 6.07) is 9.03. The minimum atomic E-state index is -4.49. The summed E-state index contributed by atoms with van der Waals surface area (Å²) in [6.07, 6.45) is -3.95. The minimum absolute atomic E-state index is 0.148. The topological polar surface area (TPSA) is 73.1 Å². The van der Waals surface area contributed by atoms with Crippen LogP contribution in [0.2, 0.25) is 5.02 Å². The van der Waals surface area contributed by atoms with Crippen molar-refractivity contribution in [3.05, 3.63) is 79.5 Å². The van der Waals surface area contributed by atoms with E-state index in [1.54, 1.807) is 0 Å². The average molecular weight is 454 g/mol. The number of nitrogens with one attached hydrogen (secondary N) is 1. The first-order valence-corrected chi connectivity index (χ1v) is 9.85. The Morgan fingerprint density at radius 2 is 1.84 bits per heavy atom. The van der Waals surface area contributed by atoms with Gasteiger partial charge in [0.1, 0.15) is 6.54 Å². The maximum Gasteiger partial charge on any atom is 0.416 e. The Balaban J connectivity index is 1.89. The fourth-order valence-electron chi connectivity index (χ4n) is 3.22. The molecule has 10 heteroatoms. The van der Waals surface area contributed by atoms with Crippen LogP contribution in [0.25, 0.3) is 10.9 Å². The highest BCUT2D eigenvalue weighted by molar-refractivity contribution is 6.31. The minimum Gasteiger partial charge on any atom is -0.350 e. The van der Waals surface area contributed by atoms with Crippen LogP contribution in [0.4, 0.5) is 13.2 Å². The third kappa shape index (κ3) is 4.99. The number of hydrogen-bond acceptors (Lipinski definition) is 3. The van der Waals surface area contributed by atoms with E-state index in [4.69, 9.17) is 11.6 Å². The molecule has 164 valence electrons. The predicted octanol–water partition coefficient (Wildman–Crippen LogP) is 3.56. The zero-order valence-corrected chi connectivity index (χ0v) is 17.3. The first-order valence-electron chi connectivity index (χ1n) is 9.47. The lowest BCUT2D eigenvalue weighted by atomic mass is 10.1. The molecular formula is C21H19ClF3N3O3. The van der Waals surface area contributed by atoms with Crippen LogP contribution in [-0.4, -0.2) is 15.0 Å². The Morgan fingerprint density at radius 3 is 2.52 bits per heavy atom. The molecule has 0 unspecified atom stereocenters. The van der Waals surface area contributed by atoms with Crippen LogP contribution in [0, 0.1) is 0 Å². The Kier molecular flexibility index (Phi) is 6.54. The third-order valence-electron chi connectivity index (χ3n) is 4.68. The van der Waals surface area contributed by atoms with E-state index in [2.05, 4.69) is 5.32 Å². The van der Waals surface area contributed by atoms with Gasteiger partial charge in [0.05, 0.1) is 16.5 Å². The van der Waals surface area contributed by atoms with Gasteiger partial charge >= 0.3 is 11.9 Å². The summed E-state index contributed by atoms with van der Waals surface area (Å²) in [6.45, 7) is 1.43. The molecule has 0 bridgehead atoms. The molecule has 31 heavy (non-hydrogen) atoms. The van der Waals surface area contributed by atoms with E-state index in [1.807, 2.05) is 6.92 Å². The normalized spacial score (nSPS) is 11.6. The highest BCUT2D eigenvalue weighted by Gasteiger charge is 2.30. The quantitative estimate of drug-likeness (QED) is 0.620. The molecule has 1 aromatic heterocycles. The van der Waals surface area contributed by atoms with Crippen molar-refractivity contribution in [2.45, 2.75) is 39.2 Å². The van der Waals surface area contributed by atoms with Gasteiger partial charge in [-0.15, -0.1) is 0 Å². The van der Waals surface area contributed by atoms with Crippen molar-refractivity contribution in [1.29, 1.82) is 0 Å². The van der Waals surface area contributed by atoms with Crippen molar-refractivity contribution in [2.24, 2.45) is 0 Å². The number of nitrogens with zero attached hydrogens (tertiary/aromatic N) is 2. The second-order valence-corrected chi connectivity index (χ2v) is 7.40. The number of hydrogen-bond donors (Lipinski definition) is 1. The van der Waals surface area contributed by atoms with E-state index in [-0.39, 0.29) is 34.6 Å². The van der Waals surface area contributed by atoms with Gasteiger partial charge in [0.25, 0.3) is 5.56 Å². The average Bonchev–Trinajstić information content (AvgIpc) is 2.72. The molecule has 0 saturated carbocycles. The van der Waals surface area contributed by atoms with Crippen LogP contribution in [-0.2, 0) is 30.6 Å². The Morgan fingerprint density at radius 1 is 1.10 bits per heavy atom. The van der Waals surface area contributed by atoms with Gasteiger partial charge in [-0.05, 0) is 42.3 Å². The number of halogens is 4. The lowest BCUT2D eigenvalue weighted by molar-refractivity contribution is -0.137. The van der Waals surface area contributed by atoms with E-state index in [0.29, 0.717) is 6.42 Å². The fourth-order valence-corrected chi connectivity index (χ4v) is 3.39. The molecule has 0 aliphatic heterocycles. The van der Waals surface area contributed by atoms with Crippen molar-refractivity contribution in [2.75, 3.05) is 0 Å². The number of benzene rings is 2.